The highest BCUT2D eigenvalue weighted by Gasteiger charge is 2.42. The minimum Gasteiger partial charge on any atom is -0.467 e. The SMILES string of the molecule is COC(=O)C(O)c1cn(C2N[C@H](CC(C)C)[C@@H](O)[C@H]2O)c(=O)[nH]c1=O. The number of hydrogen-bond donors (Lipinski definition) is 5. The van der Waals surface area contributed by atoms with Crippen LogP contribution in [0.3, 0.4) is 0 Å². The number of esters is 1. The van der Waals surface area contributed by atoms with Crippen molar-refractivity contribution in [2.45, 2.75) is 50.8 Å². The van der Waals surface area contributed by atoms with Crippen molar-refractivity contribution >= 4 is 5.97 Å². The minimum atomic E-state index is -1.88. The lowest BCUT2D eigenvalue weighted by atomic mass is 10.00. The quantitative estimate of drug-likeness (QED) is 0.379. The van der Waals surface area contributed by atoms with E-state index in [2.05, 4.69) is 10.1 Å². The number of aliphatic hydroxyl groups excluding tert-OH is 3. The van der Waals surface area contributed by atoms with Crippen LogP contribution in [0.4, 0.5) is 0 Å². The topological polar surface area (TPSA) is 154 Å². The first-order chi connectivity index (χ1) is 11.7. The Hall–Kier alpha value is -2.01. The van der Waals surface area contributed by atoms with Gasteiger partial charge in [-0.05, 0) is 12.3 Å². The Balaban J connectivity index is 2.41. The summed E-state index contributed by atoms with van der Waals surface area (Å²) >= 11 is 0. The van der Waals surface area contributed by atoms with E-state index in [0.29, 0.717) is 6.42 Å². The molecule has 1 fully saturated rings. The van der Waals surface area contributed by atoms with E-state index < -0.39 is 53.3 Å². The fourth-order valence-corrected chi connectivity index (χ4v) is 2.94. The number of aliphatic hydroxyl groups is 3. The number of nitrogens with zero attached hydrogens (tertiary/aromatic N) is 1. The second-order valence-electron chi connectivity index (χ2n) is 6.51. The molecule has 0 radical (unpaired) electrons. The highest BCUT2D eigenvalue weighted by molar-refractivity contribution is 5.75. The van der Waals surface area contributed by atoms with Crippen molar-refractivity contribution in [2.75, 3.05) is 7.11 Å². The zero-order chi connectivity index (χ0) is 18.9. The summed E-state index contributed by atoms with van der Waals surface area (Å²) in [6.45, 7) is 3.90. The van der Waals surface area contributed by atoms with E-state index in [1.807, 2.05) is 18.8 Å². The van der Waals surface area contributed by atoms with Crippen molar-refractivity contribution in [2.24, 2.45) is 5.92 Å². The molecule has 1 aromatic heterocycles. The number of hydrogen-bond acceptors (Lipinski definition) is 8. The summed E-state index contributed by atoms with van der Waals surface area (Å²) in [5, 5.41) is 33.2. The Kier molecular flexibility index (Phi) is 5.78. The summed E-state index contributed by atoms with van der Waals surface area (Å²) in [5.41, 5.74) is -2.19. The smallest absolute Gasteiger partial charge is 0.339 e. The zero-order valence-corrected chi connectivity index (χ0v) is 14.2. The molecule has 2 unspecified atom stereocenters. The second-order valence-corrected chi connectivity index (χ2v) is 6.51. The molecule has 0 bridgehead atoms. The maximum atomic E-state index is 12.1. The minimum absolute atomic E-state index is 0.238. The molecule has 25 heavy (non-hydrogen) atoms. The Bertz CT molecular complexity index is 741. The predicted octanol–water partition coefficient (Wildman–Crippen LogP) is -2.02. The van der Waals surface area contributed by atoms with Crippen LogP contribution >= 0.6 is 0 Å². The van der Waals surface area contributed by atoms with Crippen LogP contribution in [0.25, 0.3) is 0 Å². The molecule has 2 rings (SSSR count). The Morgan fingerprint density at radius 1 is 1.32 bits per heavy atom. The maximum absolute atomic E-state index is 12.1. The van der Waals surface area contributed by atoms with Crippen molar-refractivity contribution in [3.63, 3.8) is 0 Å². The summed E-state index contributed by atoms with van der Waals surface area (Å²) < 4.78 is 5.32. The molecule has 140 valence electrons. The number of H-pyrrole nitrogens is 1. The number of ether oxygens (including phenoxy) is 1. The van der Waals surface area contributed by atoms with E-state index in [0.717, 1.165) is 17.9 Å². The Labute approximate surface area is 143 Å². The highest BCUT2D eigenvalue weighted by Crippen LogP contribution is 2.25. The van der Waals surface area contributed by atoms with E-state index in [4.69, 9.17) is 0 Å². The molecule has 0 aliphatic carbocycles. The molecular weight excluding hydrogens is 334 g/mol. The lowest BCUT2D eigenvalue weighted by Gasteiger charge is -2.20. The molecule has 1 aliphatic rings. The molecule has 1 aromatic rings. The molecule has 10 nitrogen and oxygen atoms in total. The van der Waals surface area contributed by atoms with Crippen LogP contribution in [-0.2, 0) is 9.53 Å². The third-order valence-electron chi connectivity index (χ3n) is 4.21. The van der Waals surface area contributed by atoms with Gasteiger partial charge in [0.05, 0.1) is 18.8 Å². The number of aromatic nitrogens is 2. The molecule has 2 heterocycles. The van der Waals surface area contributed by atoms with E-state index in [1.165, 1.54) is 0 Å². The summed E-state index contributed by atoms with van der Waals surface area (Å²) in [7, 11) is 1.05. The van der Waals surface area contributed by atoms with Gasteiger partial charge in [-0.15, -0.1) is 0 Å². The number of nitrogens with one attached hydrogen (secondary N) is 2. The van der Waals surface area contributed by atoms with Gasteiger partial charge in [-0.2, -0.15) is 0 Å². The van der Waals surface area contributed by atoms with E-state index >= 15 is 0 Å². The Morgan fingerprint density at radius 2 is 1.96 bits per heavy atom. The first kappa shape index (κ1) is 19.3. The molecule has 1 saturated heterocycles. The van der Waals surface area contributed by atoms with Crippen molar-refractivity contribution in [3.05, 3.63) is 32.6 Å². The van der Waals surface area contributed by atoms with E-state index in [-0.39, 0.29) is 5.92 Å². The van der Waals surface area contributed by atoms with Crippen LogP contribution in [-0.4, -0.2) is 56.2 Å². The normalized spacial score (nSPS) is 27.5. The average molecular weight is 357 g/mol. The van der Waals surface area contributed by atoms with Gasteiger partial charge in [-0.25, -0.2) is 9.59 Å². The van der Waals surface area contributed by atoms with Gasteiger partial charge in [0.15, 0.2) is 6.10 Å². The van der Waals surface area contributed by atoms with E-state index in [9.17, 15) is 29.7 Å². The molecule has 0 aromatic carbocycles. The fourth-order valence-electron chi connectivity index (χ4n) is 2.94. The molecule has 0 spiro atoms. The van der Waals surface area contributed by atoms with Gasteiger partial charge in [-0.1, -0.05) is 13.8 Å². The van der Waals surface area contributed by atoms with Gasteiger partial charge in [0.2, 0.25) is 0 Å². The predicted molar refractivity (Wildman–Crippen MR) is 85.7 cm³/mol. The standard InChI is InChI=1S/C15H23N3O7/c1-6(2)4-8-10(20)11(21)12(16-8)18-5-7(9(19)14(23)25-3)13(22)17-15(18)24/h5-6,8-12,16,19-21H,4H2,1-3H3,(H,17,22,24)/t8-,9?,10-,11-,12?/m1/s1. The maximum Gasteiger partial charge on any atom is 0.339 e. The van der Waals surface area contributed by atoms with Crippen molar-refractivity contribution in [1.82, 2.24) is 14.9 Å². The lowest BCUT2D eigenvalue weighted by molar-refractivity contribution is -0.150. The van der Waals surface area contributed by atoms with Crippen LogP contribution in [0.1, 0.15) is 38.1 Å². The van der Waals surface area contributed by atoms with Gasteiger partial charge in [0.25, 0.3) is 5.56 Å². The molecule has 5 atom stereocenters. The first-order valence-corrected chi connectivity index (χ1v) is 7.90. The molecule has 1 aliphatic heterocycles. The van der Waals surface area contributed by atoms with Gasteiger partial charge >= 0.3 is 11.7 Å². The number of carbonyl (C=O) groups is 1. The van der Waals surface area contributed by atoms with Crippen LogP contribution in [0.15, 0.2) is 15.8 Å². The van der Waals surface area contributed by atoms with Gasteiger partial charge in [-0.3, -0.25) is 19.7 Å². The highest BCUT2D eigenvalue weighted by atomic mass is 16.5. The average Bonchev–Trinajstić information content (AvgIpc) is 2.81. The van der Waals surface area contributed by atoms with Crippen LogP contribution in [0, 0.1) is 5.92 Å². The fraction of sp³-hybridized carbons (Fsp3) is 0.667. The molecular formula is C15H23N3O7. The molecule has 10 heteroatoms. The number of methoxy groups -OCH3 is 1. The number of aromatic amines is 1. The van der Waals surface area contributed by atoms with Crippen LogP contribution in [0.5, 0.6) is 0 Å². The summed E-state index contributed by atoms with van der Waals surface area (Å²) in [6, 6.07) is -0.451. The summed E-state index contributed by atoms with van der Waals surface area (Å²) in [6.07, 6.45) is -3.78. The number of rotatable bonds is 5. The monoisotopic (exact) mass is 357 g/mol. The second kappa shape index (κ2) is 7.48. The van der Waals surface area contributed by atoms with Crippen LogP contribution in [0.2, 0.25) is 0 Å². The van der Waals surface area contributed by atoms with Crippen molar-refractivity contribution in [3.8, 4) is 0 Å². The molecule has 5 N–H and O–H groups in total. The largest absolute Gasteiger partial charge is 0.467 e. The van der Waals surface area contributed by atoms with Gasteiger partial charge < -0.3 is 20.1 Å². The first-order valence-electron chi connectivity index (χ1n) is 7.90. The van der Waals surface area contributed by atoms with Gasteiger partial charge in [0, 0.05) is 12.2 Å². The van der Waals surface area contributed by atoms with Gasteiger partial charge in [0.1, 0.15) is 12.3 Å². The zero-order valence-electron chi connectivity index (χ0n) is 14.2. The molecule has 0 saturated carbocycles. The third kappa shape index (κ3) is 3.82. The third-order valence-corrected chi connectivity index (χ3v) is 4.21. The van der Waals surface area contributed by atoms with Crippen LogP contribution < -0.4 is 16.6 Å². The summed E-state index contributed by atoms with van der Waals surface area (Å²) in [4.78, 5) is 37.4. The van der Waals surface area contributed by atoms with Crippen molar-refractivity contribution < 1.29 is 24.9 Å². The number of carbonyl (C=O) groups excluding carboxylic acids is 1. The van der Waals surface area contributed by atoms with Crippen molar-refractivity contribution in [1.29, 1.82) is 0 Å². The molecule has 0 amide bonds. The van der Waals surface area contributed by atoms with E-state index in [1.54, 1.807) is 0 Å². The Morgan fingerprint density at radius 3 is 2.52 bits per heavy atom. The summed E-state index contributed by atoms with van der Waals surface area (Å²) in [5.74, 6) is -0.824. The lowest BCUT2D eigenvalue weighted by Crippen LogP contribution is -2.42.